The number of fused-ring (bicyclic) bond motifs is 1. The number of carbonyl (C=O) groups is 1. The molecule has 1 amide bonds. The molecule has 0 aliphatic rings. The number of nitrogens with zero attached hydrogens (tertiary/aromatic N) is 6. The van der Waals surface area contributed by atoms with E-state index in [1.54, 1.807) is 18.2 Å². The van der Waals surface area contributed by atoms with Gasteiger partial charge >= 0.3 is 5.95 Å². The van der Waals surface area contributed by atoms with Crippen LogP contribution < -0.4 is 14.9 Å². The molecule has 0 aliphatic carbocycles. The zero-order chi connectivity index (χ0) is 25.5. The maximum atomic E-state index is 12.2. The van der Waals surface area contributed by atoms with E-state index in [-0.39, 0.29) is 18.2 Å². The first-order valence-corrected chi connectivity index (χ1v) is 12.4. The number of hydrogen-bond acceptors (Lipinski definition) is 11. The Bertz CT molecular complexity index is 1420. The van der Waals surface area contributed by atoms with Crippen LogP contribution in [-0.4, -0.2) is 56.3 Å². The Morgan fingerprint density at radius 2 is 2.19 bits per heavy atom. The Labute approximate surface area is 213 Å². The van der Waals surface area contributed by atoms with E-state index in [9.17, 15) is 14.9 Å². The highest BCUT2D eigenvalue weighted by Crippen LogP contribution is 2.31. The van der Waals surface area contributed by atoms with Crippen molar-refractivity contribution in [2.45, 2.75) is 17.8 Å². The van der Waals surface area contributed by atoms with Crippen LogP contribution >= 0.6 is 23.1 Å². The number of hydrogen-bond donors (Lipinski definition) is 1. The van der Waals surface area contributed by atoms with Crippen LogP contribution in [0.2, 0.25) is 0 Å². The van der Waals surface area contributed by atoms with E-state index in [1.807, 2.05) is 25.1 Å². The van der Waals surface area contributed by atoms with Crippen molar-refractivity contribution in [1.29, 1.82) is 0 Å². The van der Waals surface area contributed by atoms with Crippen LogP contribution in [0.1, 0.15) is 18.1 Å². The molecule has 0 unspecified atom stereocenters. The Kier molecular flexibility index (Phi) is 8.07. The van der Waals surface area contributed by atoms with Crippen LogP contribution in [0, 0.1) is 10.1 Å². The maximum Gasteiger partial charge on any atom is 0.490 e. The summed E-state index contributed by atoms with van der Waals surface area (Å²) in [5.41, 5.74) is 4.78. The van der Waals surface area contributed by atoms with Gasteiger partial charge < -0.3 is 19.6 Å². The molecule has 4 aromatic rings. The first-order valence-electron chi connectivity index (χ1n) is 10.6. The Hall–Kier alpha value is -4.04. The number of ether oxygens (including phenoxy) is 2. The number of rotatable bonds is 11. The molecule has 14 heteroatoms. The average Bonchev–Trinajstić information content (AvgIpc) is 3.50. The summed E-state index contributed by atoms with van der Waals surface area (Å²) in [7, 11) is 1.53. The van der Waals surface area contributed by atoms with E-state index in [0.717, 1.165) is 20.3 Å². The Morgan fingerprint density at radius 1 is 1.33 bits per heavy atom. The Balaban J connectivity index is 1.33. The van der Waals surface area contributed by atoms with E-state index in [2.05, 4.69) is 25.6 Å². The molecule has 0 fully saturated rings. The molecular formula is C22H21N7O5S2. The molecule has 0 bridgehead atoms. The second kappa shape index (κ2) is 11.6. The molecule has 186 valence electrons. The lowest BCUT2D eigenvalue weighted by Gasteiger charge is -2.08. The van der Waals surface area contributed by atoms with Gasteiger partial charge in [0, 0.05) is 10.7 Å². The third-order valence-corrected chi connectivity index (χ3v) is 6.87. The number of amides is 1. The second-order valence-corrected chi connectivity index (χ2v) is 9.45. The topological polar surface area (TPSA) is 147 Å². The summed E-state index contributed by atoms with van der Waals surface area (Å²) in [6, 6.07) is 11.0. The second-order valence-electron chi connectivity index (χ2n) is 7.19. The van der Waals surface area contributed by atoms with Gasteiger partial charge in [-0.05, 0) is 53.8 Å². The minimum atomic E-state index is -0.660. The highest BCUT2D eigenvalue weighted by Gasteiger charge is 2.15. The fraction of sp³-hybridized carbons (Fsp3) is 0.227. The molecular weight excluding hydrogens is 506 g/mol. The molecule has 36 heavy (non-hydrogen) atoms. The first-order chi connectivity index (χ1) is 17.4. The fourth-order valence-corrected chi connectivity index (χ4v) is 5.05. The summed E-state index contributed by atoms with van der Waals surface area (Å²) < 4.78 is 14.0. The van der Waals surface area contributed by atoms with Gasteiger partial charge in [-0.3, -0.25) is 4.79 Å². The largest absolute Gasteiger partial charge is 0.496 e. The number of methoxy groups -OCH3 is 1. The van der Waals surface area contributed by atoms with Gasteiger partial charge in [0.1, 0.15) is 11.5 Å². The summed E-state index contributed by atoms with van der Waals surface area (Å²) >= 11 is 2.83. The van der Waals surface area contributed by atoms with Crippen molar-refractivity contribution in [2.75, 3.05) is 19.5 Å². The molecule has 0 atom stereocenters. The van der Waals surface area contributed by atoms with Crippen LogP contribution in [0.4, 0.5) is 5.95 Å². The molecule has 0 saturated heterocycles. The highest BCUT2D eigenvalue weighted by molar-refractivity contribution is 8.01. The Morgan fingerprint density at radius 3 is 2.94 bits per heavy atom. The van der Waals surface area contributed by atoms with Gasteiger partial charge in [-0.2, -0.15) is 9.78 Å². The van der Waals surface area contributed by atoms with E-state index < -0.39 is 10.9 Å². The van der Waals surface area contributed by atoms with Crippen molar-refractivity contribution < 1.29 is 19.2 Å². The molecule has 4 rings (SSSR count). The lowest BCUT2D eigenvalue weighted by molar-refractivity contribution is -0.394. The minimum absolute atomic E-state index is 0.161. The monoisotopic (exact) mass is 527 g/mol. The number of nitrogens with one attached hydrogen (secondary N) is 1. The molecule has 2 aromatic carbocycles. The van der Waals surface area contributed by atoms with Crippen molar-refractivity contribution >= 4 is 51.4 Å². The van der Waals surface area contributed by atoms with Gasteiger partial charge in [0.15, 0.2) is 4.34 Å². The normalized spacial score (nSPS) is 11.2. The van der Waals surface area contributed by atoms with Crippen molar-refractivity contribution in [2.24, 2.45) is 5.10 Å². The number of hydrazone groups is 1. The summed E-state index contributed by atoms with van der Waals surface area (Å²) in [6.07, 6.45) is 2.78. The number of nitro groups is 1. The summed E-state index contributed by atoms with van der Waals surface area (Å²) in [6.45, 7) is 2.74. The summed E-state index contributed by atoms with van der Waals surface area (Å²) in [5.74, 6) is 0.785. The lowest BCUT2D eigenvalue weighted by Crippen LogP contribution is -2.19. The molecule has 0 aliphatic heterocycles. The van der Waals surface area contributed by atoms with Crippen LogP contribution in [0.15, 0.2) is 52.2 Å². The van der Waals surface area contributed by atoms with Gasteiger partial charge in [0.05, 0.1) is 42.4 Å². The minimum Gasteiger partial charge on any atom is -0.496 e. The fourth-order valence-electron chi connectivity index (χ4n) is 3.16. The summed E-state index contributed by atoms with van der Waals surface area (Å²) in [5, 5.41) is 18.6. The molecule has 0 spiro atoms. The van der Waals surface area contributed by atoms with E-state index >= 15 is 0 Å². The van der Waals surface area contributed by atoms with Gasteiger partial charge in [-0.1, -0.05) is 16.7 Å². The maximum absolute atomic E-state index is 12.2. The van der Waals surface area contributed by atoms with Gasteiger partial charge in [0.25, 0.3) is 5.91 Å². The zero-order valence-corrected chi connectivity index (χ0v) is 20.9. The predicted molar refractivity (Wildman–Crippen MR) is 136 cm³/mol. The van der Waals surface area contributed by atoms with E-state index in [1.165, 1.54) is 47.4 Å². The number of carbonyl (C=O) groups excluding carboxylic acids is 1. The molecule has 0 saturated carbocycles. The van der Waals surface area contributed by atoms with Crippen molar-refractivity contribution in [1.82, 2.24) is 25.2 Å². The van der Waals surface area contributed by atoms with E-state index in [4.69, 9.17) is 9.47 Å². The van der Waals surface area contributed by atoms with Gasteiger partial charge in [-0.15, -0.1) is 11.3 Å². The van der Waals surface area contributed by atoms with Crippen LogP contribution in [0.3, 0.4) is 0 Å². The molecule has 1 N–H and O–H groups in total. The zero-order valence-electron chi connectivity index (χ0n) is 19.3. The van der Waals surface area contributed by atoms with Crippen LogP contribution in [-0.2, 0) is 11.3 Å². The average molecular weight is 528 g/mol. The number of aromatic nitrogens is 4. The smallest absolute Gasteiger partial charge is 0.490 e. The molecule has 2 aromatic heterocycles. The van der Waals surface area contributed by atoms with Gasteiger partial charge in [-0.25, -0.2) is 10.4 Å². The lowest BCUT2D eigenvalue weighted by atomic mass is 10.1. The quantitative estimate of drug-likeness (QED) is 0.134. The van der Waals surface area contributed by atoms with Crippen molar-refractivity contribution in [3.05, 3.63) is 64.0 Å². The third kappa shape index (κ3) is 6.34. The van der Waals surface area contributed by atoms with Gasteiger partial charge in [0.2, 0.25) is 6.33 Å². The molecule has 12 nitrogen and oxygen atoms in total. The van der Waals surface area contributed by atoms with Crippen LogP contribution in [0.25, 0.3) is 10.2 Å². The highest BCUT2D eigenvalue weighted by atomic mass is 32.2. The summed E-state index contributed by atoms with van der Waals surface area (Å²) in [4.78, 5) is 30.6. The molecule has 2 heterocycles. The number of thiazole rings is 1. The molecule has 0 radical (unpaired) electrons. The first kappa shape index (κ1) is 25.1. The predicted octanol–water partition coefficient (Wildman–Crippen LogP) is 3.49. The SMILES string of the molecule is CCOc1ccc2nc(SCC(=O)N/N=C\c3ccc(OC)c(Cn4cnc([N+](=O)[O-])n4)c3)sc2c1. The standard InChI is InChI=1S/C22H21N7O5S2/c1-3-34-16-5-6-17-19(9-16)36-22(25-17)35-12-20(30)26-24-10-14-4-7-18(33-2)15(8-14)11-28-13-23-21(27-28)29(31)32/h4-10,13H,3,11-12H2,1-2H3,(H,26,30)/b24-10-. The van der Waals surface area contributed by atoms with Crippen LogP contribution in [0.5, 0.6) is 11.5 Å². The third-order valence-electron chi connectivity index (χ3n) is 4.71. The van der Waals surface area contributed by atoms with Crippen molar-refractivity contribution in [3.8, 4) is 11.5 Å². The van der Waals surface area contributed by atoms with E-state index in [0.29, 0.717) is 23.5 Å². The van der Waals surface area contributed by atoms with Crippen molar-refractivity contribution in [3.63, 3.8) is 0 Å². The number of benzene rings is 2. The number of thioether (sulfide) groups is 1.